The number of aromatic amines is 1. The molecule has 0 saturated carbocycles. The lowest BCUT2D eigenvalue weighted by Crippen LogP contribution is -2.02. The maximum absolute atomic E-state index is 11.3. The van der Waals surface area contributed by atoms with Crippen molar-refractivity contribution in [3.05, 3.63) is 29.6 Å². The van der Waals surface area contributed by atoms with E-state index in [4.69, 9.17) is 0 Å². The zero-order chi connectivity index (χ0) is 12.3. The van der Waals surface area contributed by atoms with Crippen LogP contribution in [-0.2, 0) is 11.2 Å². The normalized spacial score (nSPS) is 10.7. The summed E-state index contributed by atoms with van der Waals surface area (Å²) in [5.74, 6) is -0.175. The Morgan fingerprint density at radius 1 is 1.47 bits per heavy atom. The Balaban J connectivity index is 2.31. The number of hydrogen-bond acceptors (Lipinski definition) is 3. The second-order valence-electron chi connectivity index (χ2n) is 4.03. The smallest absolute Gasteiger partial charge is 0.374 e. The van der Waals surface area contributed by atoms with Gasteiger partial charge in [-0.1, -0.05) is 19.4 Å². The number of benzene rings is 1. The third-order valence-corrected chi connectivity index (χ3v) is 2.74. The topological polar surface area (TPSA) is 55.0 Å². The molecule has 2 aromatic rings. The molecule has 4 nitrogen and oxygen atoms in total. The highest BCUT2D eigenvalue weighted by atomic mass is 16.5. The van der Waals surface area contributed by atoms with E-state index in [0.29, 0.717) is 0 Å². The van der Waals surface area contributed by atoms with Crippen molar-refractivity contribution in [2.24, 2.45) is 0 Å². The minimum absolute atomic E-state index is 0.259. The second kappa shape index (κ2) is 4.99. The van der Waals surface area contributed by atoms with E-state index in [1.54, 1.807) is 0 Å². The summed E-state index contributed by atoms with van der Waals surface area (Å²) in [5.41, 5.74) is 2.95. The summed E-state index contributed by atoms with van der Waals surface area (Å²) in [4.78, 5) is 18.5. The van der Waals surface area contributed by atoms with Gasteiger partial charge in [0.2, 0.25) is 5.82 Å². The average molecular weight is 232 g/mol. The summed E-state index contributed by atoms with van der Waals surface area (Å²) >= 11 is 0. The lowest BCUT2D eigenvalue weighted by Gasteiger charge is -1.98. The molecule has 0 amide bonds. The largest absolute Gasteiger partial charge is 0.463 e. The van der Waals surface area contributed by atoms with Crippen LogP contribution in [0.3, 0.4) is 0 Å². The van der Waals surface area contributed by atoms with Gasteiger partial charge in [-0.25, -0.2) is 9.78 Å². The number of esters is 1. The number of nitrogens with one attached hydrogen (secondary N) is 1. The summed E-state index contributed by atoms with van der Waals surface area (Å²) in [6, 6.07) is 6.04. The summed E-state index contributed by atoms with van der Waals surface area (Å²) < 4.78 is 4.63. The van der Waals surface area contributed by atoms with Crippen molar-refractivity contribution in [2.75, 3.05) is 7.11 Å². The van der Waals surface area contributed by atoms with Gasteiger partial charge in [-0.2, -0.15) is 0 Å². The number of aryl methyl sites for hydroxylation is 1. The molecule has 0 bridgehead atoms. The standard InChI is InChI=1S/C13H16N2O2/c1-3-4-5-9-6-7-10-11(8-9)15-12(14-10)13(16)17-2/h6-8H,3-5H2,1-2H3,(H,14,15). The fourth-order valence-corrected chi connectivity index (χ4v) is 1.79. The highest BCUT2D eigenvalue weighted by Crippen LogP contribution is 2.15. The molecule has 0 radical (unpaired) electrons. The molecule has 2 rings (SSSR count). The van der Waals surface area contributed by atoms with Crippen LogP contribution in [0.15, 0.2) is 18.2 Å². The van der Waals surface area contributed by atoms with Gasteiger partial charge in [0.25, 0.3) is 0 Å². The lowest BCUT2D eigenvalue weighted by atomic mass is 10.1. The Morgan fingerprint density at radius 2 is 2.29 bits per heavy atom. The van der Waals surface area contributed by atoms with E-state index in [1.807, 2.05) is 12.1 Å². The Hall–Kier alpha value is -1.84. The van der Waals surface area contributed by atoms with Gasteiger partial charge in [0.05, 0.1) is 18.1 Å². The number of hydrogen-bond donors (Lipinski definition) is 1. The van der Waals surface area contributed by atoms with Crippen LogP contribution in [0.4, 0.5) is 0 Å². The summed E-state index contributed by atoms with van der Waals surface area (Å²) in [5, 5.41) is 0. The highest BCUT2D eigenvalue weighted by Gasteiger charge is 2.11. The predicted molar refractivity (Wildman–Crippen MR) is 66.0 cm³/mol. The molecule has 0 spiro atoms. The van der Waals surface area contributed by atoms with Gasteiger partial charge >= 0.3 is 5.97 Å². The fourth-order valence-electron chi connectivity index (χ4n) is 1.79. The van der Waals surface area contributed by atoms with E-state index in [2.05, 4.69) is 27.7 Å². The number of imidazole rings is 1. The molecule has 0 aliphatic carbocycles. The van der Waals surface area contributed by atoms with Crippen LogP contribution < -0.4 is 0 Å². The third-order valence-electron chi connectivity index (χ3n) is 2.74. The summed E-state index contributed by atoms with van der Waals surface area (Å²) in [6.45, 7) is 2.17. The van der Waals surface area contributed by atoms with Crippen molar-refractivity contribution < 1.29 is 9.53 Å². The van der Waals surface area contributed by atoms with Crippen molar-refractivity contribution in [3.63, 3.8) is 0 Å². The molecule has 0 aliphatic heterocycles. The molecular formula is C13H16N2O2. The number of ether oxygens (including phenoxy) is 1. The number of unbranched alkanes of at least 4 members (excludes halogenated alkanes) is 1. The Morgan fingerprint density at radius 3 is 3.00 bits per heavy atom. The van der Waals surface area contributed by atoms with Gasteiger partial charge < -0.3 is 9.72 Å². The molecule has 0 atom stereocenters. The zero-order valence-electron chi connectivity index (χ0n) is 10.1. The SMILES string of the molecule is CCCCc1ccc2nc(C(=O)OC)[nH]c2c1. The van der Waals surface area contributed by atoms with Crippen LogP contribution in [0.1, 0.15) is 35.9 Å². The predicted octanol–water partition coefficient (Wildman–Crippen LogP) is 2.69. The van der Waals surface area contributed by atoms with Crippen LogP contribution in [0.25, 0.3) is 11.0 Å². The third kappa shape index (κ3) is 2.46. The van der Waals surface area contributed by atoms with Crippen LogP contribution in [0.5, 0.6) is 0 Å². The number of methoxy groups -OCH3 is 1. The first-order valence-electron chi connectivity index (χ1n) is 5.81. The van der Waals surface area contributed by atoms with Crippen molar-refractivity contribution in [2.45, 2.75) is 26.2 Å². The summed E-state index contributed by atoms with van der Waals surface area (Å²) in [6.07, 6.45) is 3.40. The maximum Gasteiger partial charge on any atom is 0.374 e. The van der Waals surface area contributed by atoms with Gasteiger partial charge in [0.1, 0.15) is 0 Å². The molecule has 0 unspecified atom stereocenters. The minimum Gasteiger partial charge on any atom is -0.463 e. The molecule has 0 saturated heterocycles. The molecule has 1 N–H and O–H groups in total. The van der Waals surface area contributed by atoms with E-state index in [0.717, 1.165) is 17.5 Å². The Bertz CT molecular complexity index is 531. The van der Waals surface area contributed by atoms with E-state index < -0.39 is 5.97 Å². The molecule has 1 heterocycles. The fraction of sp³-hybridized carbons (Fsp3) is 0.385. The Kier molecular flexibility index (Phi) is 3.42. The second-order valence-corrected chi connectivity index (χ2v) is 4.03. The molecule has 4 heteroatoms. The van der Waals surface area contributed by atoms with Crippen molar-refractivity contribution in [3.8, 4) is 0 Å². The van der Waals surface area contributed by atoms with Gasteiger partial charge in [-0.15, -0.1) is 0 Å². The van der Waals surface area contributed by atoms with Crippen molar-refractivity contribution in [1.29, 1.82) is 0 Å². The molecular weight excluding hydrogens is 216 g/mol. The van der Waals surface area contributed by atoms with Crippen LogP contribution >= 0.6 is 0 Å². The van der Waals surface area contributed by atoms with Crippen LogP contribution in [0, 0.1) is 0 Å². The van der Waals surface area contributed by atoms with Gasteiger partial charge in [0, 0.05) is 0 Å². The quantitative estimate of drug-likeness (QED) is 0.824. The van der Waals surface area contributed by atoms with Crippen molar-refractivity contribution >= 4 is 17.0 Å². The number of fused-ring (bicyclic) bond motifs is 1. The first-order valence-corrected chi connectivity index (χ1v) is 5.81. The number of carbonyl (C=O) groups is 1. The molecule has 90 valence electrons. The minimum atomic E-state index is -0.434. The van der Waals surface area contributed by atoms with Gasteiger partial charge in [-0.05, 0) is 30.5 Å². The van der Waals surface area contributed by atoms with Gasteiger partial charge in [0.15, 0.2) is 0 Å². The molecule has 0 aliphatic rings. The van der Waals surface area contributed by atoms with E-state index in [-0.39, 0.29) is 5.82 Å². The molecule has 1 aromatic carbocycles. The first kappa shape index (κ1) is 11.6. The first-order chi connectivity index (χ1) is 8.24. The van der Waals surface area contributed by atoms with E-state index in [1.165, 1.54) is 25.5 Å². The number of carbonyl (C=O) groups excluding carboxylic acids is 1. The van der Waals surface area contributed by atoms with Crippen molar-refractivity contribution in [1.82, 2.24) is 9.97 Å². The number of rotatable bonds is 4. The summed E-state index contributed by atoms with van der Waals surface area (Å²) in [7, 11) is 1.35. The molecule has 1 aromatic heterocycles. The zero-order valence-corrected chi connectivity index (χ0v) is 10.1. The Labute approximate surface area is 100 Å². The van der Waals surface area contributed by atoms with Crippen LogP contribution in [0.2, 0.25) is 0 Å². The average Bonchev–Trinajstić information content (AvgIpc) is 2.78. The van der Waals surface area contributed by atoms with E-state index >= 15 is 0 Å². The molecule has 0 fully saturated rings. The lowest BCUT2D eigenvalue weighted by molar-refractivity contribution is 0.0588. The number of aromatic nitrogens is 2. The molecule has 17 heavy (non-hydrogen) atoms. The number of nitrogens with zero attached hydrogens (tertiary/aromatic N) is 1. The van der Waals surface area contributed by atoms with Crippen LogP contribution in [-0.4, -0.2) is 23.0 Å². The maximum atomic E-state index is 11.3. The highest BCUT2D eigenvalue weighted by molar-refractivity contribution is 5.90. The number of H-pyrrole nitrogens is 1. The monoisotopic (exact) mass is 232 g/mol. The van der Waals surface area contributed by atoms with Gasteiger partial charge in [-0.3, -0.25) is 0 Å². The van der Waals surface area contributed by atoms with E-state index in [9.17, 15) is 4.79 Å².